The molecule has 4 rings (SSSR count). The van der Waals surface area contributed by atoms with Crippen LogP contribution in [-0.4, -0.2) is 44.5 Å². The van der Waals surface area contributed by atoms with Crippen molar-refractivity contribution >= 4 is 29.3 Å². The van der Waals surface area contributed by atoms with Gasteiger partial charge in [-0.15, -0.1) is 10.2 Å². The van der Waals surface area contributed by atoms with E-state index in [0.717, 1.165) is 16.8 Å². The Morgan fingerprint density at radius 3 is 2.58 bits per heavy atom. The molecule has 0 bridgehead atoms. The number of pyridine rings is 1. The molecular formula is C24H21N5O3S. The molecule has 9 heteroatoms. The number of hydrogen-bond acceptors (Lipinski definition) is 7. The fraction of sp³-hybridized carbons (Fsp3) is 0.125. The number of methoxy groups -OCH3 is 1. The van der Waals surface area contributed by atoms with Gasteiger partial charge >= 0.3 is 5.97 Å². The molecule has 1 N–H and O–H groups in total. The lowest BCUT2D eigenvalue weighted by Gasteiger charge is -2.13. The molecule has 4 aromatic rings. The van der Waals surface area contributed by atoms with Gasteiger partial charge < -0.3 is 10.1 Å². The van der Waals surface area contributed by atoms with Gasteiger partial charge in [-0.3, -0.25) is 14.3 Å². The van der Waals surface area contributed by atoms with Crippen LogP contribution in [0.3, 0.4) is 0 Å². The van der Waals surface area contributed by atoms with Crippen molar-refractivity contribution in [1.29, 1.82) is 0 Å². The van der Waals surface area contributed by atoms with Crippen molar-refractivity contribution in [1.82, 2.24) is 19.7 Å². The number of rotatable bonds is 7. The lowest BCUT2D eigenvalue weighted by atomic mass is 10.2. The number of esters is 1. The summed E-state index contributed by atoms with van der Waals surface area (Å²) in [6.07, 6.45) is 3.42. The molecule has 0 saturated carbocycles. The fourth-order valence-corrected chi connectivity index (χ4v) is 4.02. The van der Waals surface area contributed by atoms with Gasteiger partial charge in [0.1, 0.15) is 0 Å². The number of nitrogens with zero attached hydrogens (tertiary/aromatic N) is 4. The number of hydrogen-bond donors (Lipinski definition) is 1. The van der Waals surface area contributed by atoms with E-state index in [9.17, 15) is 9.59 Å². The number of amides is 1. The highest BCUT2D eigenvalue weighted by molar-refractivity contribution is 7.99. The van der Waals surface area contributed by atoms with Crippen LogP contribution in [0.5, 0.6) is 0 Å². The van der Waals surface area contributed by atoms with E-state index in [1.807, 2.05) is 47.9 Å². The first-order valence-electron chi connectivity index (χ1n) is 10.1. The van der Waals surface area contributed by atoms with E-state index in [1.54, 1.807) is 36.7 Å². The largest absolute Gasteiger partial charge is 0.465 e. The first-order valence-corrected chi connectivity index (χ1v) is 11.1. The zero-order chi connectivity index (χ0) is 23.2. The molecule has 0 spiro atoms. The van der Waals surface area contributed by atoms with Crippen LogP contribution < -0.4 is 5.32 Å². The second-order valence-corrected chi connectivity index (χ2v) is 7.99. The highest BCUT2D eigenvalue weighted by Crippen LogP contribution is 2.29. The summed E-state index contributed by atoms with van der Waals surface area (Å²) in [6.45, 7) is 2.01. The van der Waals surface area contributed by atoms with Gasteiger partial charge in [-0.1, -0.05) is 42.1 Å². The highest BCUT2D eigenvalue weighted by Gasteiger charge is 2.19. The van der Waals surface area contributed by atoms with Gasteiger partial charge in [-0.05, 0) is 42.8 Å². The summed E-state index contributed by atoms with van der Waals surface area (Å²) in [5.74, 6) is -0.0825. The second kappa shape index (κ2) is 10.1. The molecule has 0 saturated heterocycles. The molecule has 166 valence electrons. The summed E-state index contributed by atoms with van der Waals surface area (Å²) < 4.78 is 6.71. The van der Waals surface area contributed by atoms with Crippen molar-refractivity contribution in [3.63, 3.8) is 0 Å². The minimum absolute atomic E-state index is 0.0760. The summed E-state index contributed by atoms with van der Waals surface area (Å²) in [4.78, 5) is 28.8. The molecule has 0 aliphatic rings. The number of carbonyl (C=O) groups is 2. The van der Waals surface area contributed by atoms with Crippen LogP contribution >= 0.6 is 11.8 Å². The number of anilines is 1. The third-order valence-corrected chi connectivity index (χ3v) is 5.78. The number of aromatic nitrogens is 4. The molecule has 0 aliphatic carbocycles. The SMILES string of the molecule is COC(=O)c1ccccc1NC(=O)CSc1nnc(-c2cccnc2)n1-c1ccccc1C. The maximum Gasteiger partial charge on any atom is 0.339 e. The van der Waals surface area contributed by atoms with Gasteiger partial charge in [0.05, 0.1) is 29.8 Å². The van der Waals surface area contributed by atoms with Crippen LogP contribution in [0.15, 0.2) is 78.2 Å². The Kier molecular flexibility index (Phi) is 6.80. The predicted octanol–water partition coefficient (Wildman–Crippen LogP) is 4.16. The fourth-order valence-electron chi connectivity index (χ4n) is 3.27. The Bertz CT molecular complexity index is 1290. The smallest absolute Gasteiger partial charge is 0.339 e. The zero-order valence-corrected chi connectivity index (χ0v) is 18.9. The van der Waals surface area contributed by atoms with Crippen LogP contribution in [0.4, 0.5) is 5.69 Å². The molecule has 8 nitrogen and oxygen atoms in total. The summed E-state index contributed by atoms with van der Waals surface area (Å²) in [6, 6.07) is 18.4. The molecule has 0 unspecified atom stereocenters. The number of ether oxygens (including phenoxy) is 1. The summed E-state index contributed by atoms with van der Waals surface area (Å²) >= 11 is 1.25. The van der Waals surface area contributed by atoms with E-state index in [-0.39, 0.29) is 11.7 Å². The molecular weight excluding hydrogens is 438 g/mol. The normalized spacial score (nSPS) is 10.6. The third kappa shape index (κ3) is 4.93. The summed E-state index contributed by atoms with van der Waals surface area (Å²) in [5.41, 5.74) is 3.46. The van der Waals surface area contributed by atoms with Crippen LogP contribution in [-0.2, 0) is 9.53 Å². The molecule has 0 radical (unpaired) electrons. The van der Waals surface area contributed by atoms with E-state index < -0.39 is 5.97 Å². The van der Waals surface area contributed by atoms with Gasteiger partial charge in [0.15, 0.2) is 11.0 Å². The Morgan fingerprint density at radius 2 is 1.82 bits per heavy atom. The molecule has 0 atom stereocenters. The van der Waals surface area contributed by atoms with E-state index in [4.69, 9.17) is 4.74 Å². The molecule has 0 aliphatic heterocycles. The van der Waals surface area contributed by atoms with Gasteiger partial charge in [0, 0.05) is 18.0 Å². The lowest BCUT2D eigenvalue weighted by Crippen LogP contribution is -2.17. The minimum Gasteiger partial charge on any atom is -0.465 e. The summed E-state index contributed by atoms with van der Waals surface area (Å²) in [7, 11) is 1.30. The first-order chi connectivity index (χ1) is 16.1. The quantitative estimate of drug-likeness (QED) is 0.327. The topological polar surface area (TPSA) is 99.0 Å². The molecule has 2 aromatic carbocycles. The molecule has 0 fully saturated rings. The van der Waals surface area contributed by atoms with Crippen molar-refractivity contribution in [2.24, 2.45) is 0 Å². The minimum atomic E-state index is -0.515. The van der Waals surface area contributed by atoms with E-state index in [2.05, 4.69) is 20.5 Å². The number of thioether (sulfide) groups is 1. The number of carbonyl (C=O) groups excluding carboxylic acids is 2. The maximum atomic E-state index is 12.7. The Hall–Kier alpha value is -3.98. The molecule has 2 aromatic heterocycles. The van der Waals surface area contributed by atoms with Crippen molar-refractivity contribution in [3.8, 4) is 17.1 Å². The predicted molar refractivity (Wildman–Crippen MR) is 126 cm³/mol. The average Bonchev–Trinajstić information content (AvgIpc) is 3.27. The van der Waals surface area contributed by atoms with Gasteiger partial charge in [-0.2, -0.15) is 0 Å². The van der Waals surface area contributed by atoms with Crippen molar-refractivity contribution in [2.75, 3.05) is 18.2 Å². The maximum absolute atomic E-state index is 12.7. The Balaban J connectivity index is 1.59. The van der Waals surface area contributed by atoms with Crippen molar-refractivity contribution < 1.29 is 14.3 Å². The van der Waals surface area contributed by atoms with Gasteiger partial charge in [-0.25, -0.2) is 4.79 Å². The lowest BCUT2D eigenvalue weighted by molar-refractivity contribution is -0.113. The second-order valence-electron chi connectivity index (χ2n) is 7.04. The average molecular weight is 460 g/mol. The van der Waals surface area contributed by atoms with E-state index in [0.29, 0.717) is 22.2 Å². The highest BCUT2D eigenvalue weighted by atomic mass is 32.2. The van der Waals surface area contributed by atoms with E-state index >= 15 is 0 Å². The van der Waals surface area contributed by atoms with Gasteiger partial charge in [0.25, 0.3) is 0 Å². The molecule has 2 heterocycles. The van der Waals surface area contributed by atoms with E-state index in [1.165, 1.54) is 18.9 Å². The number of nitrogens with one attached hydrogen (secondary N) is 1. The first kappa shape index (κ1) is 22.2. The third-order valence-electron chi connectivity index (χ3n) is 4.85. The Morgan fingerprint density at radius 1 is 1.03 bits per heavy atom. The number of benzene rings is 2. The number of aryl methyl sites for hydroxylation is 1. The van der Waals surface area contributed by atoms with Gasteiger partial charge in [0.2, 0.25) is 5.91 Å². The molecule has 1 amide bonds. The van der Waals surface area contributed by atoms with Crippen LogP contribution in [0, 0.1) is 6.92 Å². The number of para-hydroxylation sites is 2. The molecule has 33 heavy (non-hydrogen) atoms. The standard InChI is InChI=1S/C24H21N5O3S/c1-16-8-3-6-12-20(16)29-22(17-9-7-13-25-14-17)27-28-24(29)33-15-21(30)26-19-11-5-4-10-18(19)23(31)32-2/h3-14H,15H2,1-2H3,(H,26,30). The zero-order valence-electron chi connectivity index (χ0n) is 18.1. The van der Waals surface area contributed by atoms with Crippen molar-refractivity contribution in [2.45, 2.75) is 12.1 Å². The van der Waals surface area contributed by atoms with Crippen LogP contribution in [0.25, 0.3) is 17.1 Å². The Labute approximate surface area is 195 Å². The van der Waals surface area contributed by atoms with Crippen LogP contribution in [0.2, 0.25) is 0 Å². The van der Waals surface area contributed by atoms with Crippen LogP contribution in [0.1, 0.15) is 15.9 Å². The van der Waals surface area contributed by atoms with Crippen molar-refractivity contribution in [3.05, 3.63) is 84.2 Å². The summed E-state index contributed by atoms with van der Waals surface area (Å²) in [5, 5.41) is 12.1. The monoisotopic (exact) mass is 459 g/mol.